The molecule has 0 aliphatic rings. The Balaban J connectivity index is 2.14. The third-order valence-corrected chi connectivity index (χ3v) is 3.92. The van der Waals surface area contributed by atoms with Crippen molar-refractivity contribution in [3.8, 4) is 0 Å². The minimum Gasteiger partial charge on any atom is -0.376 e. The topological polar surface area (TPSA) is 58.1 Å². The Labute approximate surface area is 122 Å². The molecule has 0 spiro atoms. The van der Waals surface area contributed by atoms with Crippen molar-refractivity contribution in [2.45, 2.75) is 19.9 Å². The van der Waals surface area contributed by atoms with E-state index in [-0.39, 0.29) is 11.9 Å². The van der Waals surface area contributed by atoms with Crippen molar-refractivity contribution in [3.05, 3.63) is 40.1 Å². The number of hydrogen-bond acceptors (Lipinski definition) is 5. The first kappa shape index (κ1) is 14.5. The first-order valence-electron chi connectivity index (χ1n) is 6.33. The first-order valence-corrected chi connectivity index (χ1v) is 7.21. The number of aryl methyl sites for hydroxylation is 1. The molecule has 2 heterocycles. The van der Waals surface area contributed by atoms with Gasteiger partial charge in [0.25, 0.3) is 5.91 Å². The molecule has 6 heteroatoms. The number of pyridine rings is 1. The molecule has 1 unspecified atom stereocenters. The van der Waals surface area contributed by atoms with Crippen molar-refractivity contribution < 1.29 is 4.79 Å². The fourth-order valence-electron chi connectivity index (χ4n) is 1.75. The fraction of sp³-hybridized carbons (Fsp3) is 0.357. The molecule has 2 aromatic rings. The molecule has 0 aliphatic carbocycles. The molecule has 0 saturated carbocycles. The van der Waals surface area contributed by atoms with Crippen molar-refractivity contribution in [3.63, 3.8) is 0 Å². The molecule has 2 rings (SSSR count). The van der Waals surface area contributed by atoms with Gasteiger partial charge in [0.1, 0.15) is 10.7 Å². The van der Waals surface area contributed by atoms with E-state index in [0.717, 1.165) is 16.4 Å². The SMILES string of the molecule is Cc1csc(C(C)Nc2ccnc(C(=O)N(C)C)c2)n1. The molecular formula is C14H18N4OS. The number of thiazole rings is 1. The van der Waals surface area contributed by atoms with Crippen LogP contribution in [0.15, 0.2) is 23.7 Å². The molecular weight excluding hydrogens is 272 g/mol. The van der Waals surface area contributed by atoms with Gasteiger partial charge < -0.3 is 10.2 Å². The predicted octanol–water partition coefficient (Wildman–Crippen LogP) is 2.72. The van der Waals surface area contributed by atoms with E-state index >= 15 is 0 Å². The molecule has 0 radical (unpaired) electrons. The molecule has 1 N–H and O–H groups in total. The number of nitrogens with zero attached hydrogens (tertiary/aromatic N) is 3. The smallest absolute Gasteiger partial charge is 0.272 e. The van der Waals surface area contributed by atoms with Gasteiger partial charge in [0.15, 0.2) is 0 Å². The van der Waals surface area contributed by atoms with Gasteiger partial charge in [0.2, 0.25) is 0 Å². The van der Waals surface area contributed by atoms with Crippen LogP contribution in [0.4, 0.5) is 5.69 Å². The summed E-state index contributed by atoms with van der Waals surface area (Å²) in [6.07, 6.45) is 1.64. The number of amides is 1. The summed E-state index contributed by atoms with van der Waals surface area (Å²) in [5.74, 6) is -0.105. The van der Waals surface area contributed by atoms with E-state index in [9.17, 15) is 4.79 Å². The van der Waals surface area contributed by atoms with Gasteiger partial charge in [0, 0.05) is 37.1 Å². The van der Waals surface area contributed by atoms with E-state index in [2.05, 4.69) is 15.3 Å². The van der Waals surface area contributed by atoms with Crippen LogP contribution in [0, 0.1) is 6.92 Å². The van der Waals surface area contributed by atoms with Crippen LogP contribution < -0.4 is 5.32 Å². The summed E-state index contributed by atoms with van der Waals surface area (Å²) in [7, 11) is 3.43. The van der Waals surface area contributed by atoms with Gasteiger partial charge in [0.05, 0.1) is 6.04 Å². The molecule has 0 aliphatic heterocycles. The Morgan fingerprint density at radius 1 is 1.45 bits per heavy atom. The summed E-state index contributed by atoms with van der Waals surface area (Å²) in [5, 5.41) is 6.40. The van der Waals surface area contributed by atoms with E-state index in [1.165, 1.54) is 4.90 Å². The van der Waals surface area contributed by atoms with Crippen LogP contribution >= 0.6 is 11.3 Å². The lowest BCUT2D eigenvalue weighted by Crippen LogP contribution is -2.22. The van der Waals surface area contributed by atoms with Crippen LogP contribution in [0.1, 0.15) is 34.2 Å². The molecule has 0 saturated heterocycles. The molecule has 1 amide bonds. The van der Waals surface area contributed by atoms with E-state index in [1.54, 1.807) is 37.7 Å². The maximum Gasteiger partial charge on any atom is 0.272 e. The second-order valence-electron chi connectivity index (χ2n) is 4.82. The van der Waals surface area contributed by atoms with Crippen LogP contribution in [0.3, 0.4) is 0 Å². The highest BCUT2D eigenvalue weighted by molar-refractivity contribution is 7.09. The van der Waals surface area contributed by atoms with Gasteiger partial charge in [-0.1, -0.05) is 0 Å². The van der Waals surface area contributed by atoms with Crippen LogP contribution in [-0.4, -0.2) is 34.9 Å². The molecule has 20 heavy (non-hydrogen) atoms. The molecule has 106 valence electrons. The summed E-state index contributed by atoms with van der Waals surface area (Å²) < 4.78 is 0. The lowest BCUT2D eigenvalue weighted by molar-refractivity contribution is 0.0822. The largest absolute Gasteiger partial charge is 0.376 e. The zero-order valence-electron chi connectivity index (χ0n) is 12.0. The van der Waals surface area contributed by atoms with Gasteiger partial charge in [-0.05, 0) is 26.0 Å². The second kappa shape index (κ2) is 6.00. The zero-order chi connectivity index (χ0) is 14.7. The van der Waals surface area contributed by atoms with E-state index < -0.39 is 0 Å². The average Bonchev–Trinajstić information content (AvgIpc) is 2.85. The third-order valence-electron chi connectivity index (χ3n) is 2.78. The average molecular weight is 290 g/mol. The monoisotopic (exact) mass is 290 g/mol. The summed E-state index contributed by atoms with van der Waals surface area (Å²) >= 11 is 1.63. The van der Waals surface area contributed by atoms with Gasteiger partial charge in [-0.3, -0.25) is 9.78 Å². The molecule has 1 atom stereocenters. The Morgan fingerprint density at radius 3 is 2.80 bits per heavy atom. The molecule has 0 fully saturated rings. The maximum atomic E-state index is 11.9. The summed E-state index contributed by atoms with van der Waals surface area (Å²) in [4.78, 5) is 22.0. The van der Waals surface area contributed by atoms with Crippen LogP contribution in [-0.2, 0) is 0 Å². The van der Waals surface area contributed by atoms with Crippen molar-refractivity contribution in [2.24, 2.45) is 0 Å². The number of carbonyl (C=O) groups is 1. The Morgan fingerprint density at radius 2 is 2.20 bits per heavy atom. The van der Waals surface area contributed by atoms with Crippen LogP contribution in [0.25, 0.3) is 0 Å². The lowest BCUT2D eigenvalue weighted by atomic mass is 10.2. The minimum absolute atomic E-state index is 0.0957. The number of carbonyl (C=O) groups excluding carboxylic acids is 1. The third kappa shape index (κ3) is 3.33. The molecule has 0 bridgehead atoms. The maximum absolute atomic E-state index is 11.9. The van der Waals surface area contributed by atoms with E-state index in [4.69, 9.17) is 0 Å². The Bertz CT molecular complexity index is 609. The summed E-state index contributed by atoms with van der Waals surface area (Å²) in [6.45, 7) is 4.03. The number of nitrogens with one attached hydrogen (secondary N) is 1. The zero-order valence-corrected chi connectivity index (χ0v) is 12.9. The normalized spacial score (nSPS) is 12.0. The molecule has 5 nitrogen and oxygen atoms in total. The Kier molecular flexibility index (Phi) is 4.34. The van der Waals surface area contributed by atoms with Crippen molar-refractivity contribution in [1.82, 2.24) is 14.9 Å². The standard InChI is InChI=1S/C14H18N4OS/c1-9-8-20-13(16-9)10(2)17-11-5-6-15-12(7-11)14(19)18(3)4/h5-8,10H,1-4H3,(H,15,17). The molecule has 0 aromatic carbocycles. The molecule has 2 aromatic heterocycles. The Hall–Kier alpha value is -1.95. The highest BCUT2D eigenvalue weighted by Gasteiger charge is 2.12. The highest BCUT2D eigenvalue weighted by atomic mass is 32.1. The van der Waals surface area contributed by atoms with Crippen molar-refractivity contribution >= 4 is 22.9 Å². The van der Waals surface area contributed by atoms with Crippen molar-refractivity contribution in [1.29, 1.82) is 0 Å². The van der Waals surface area contributed by atoms with Gasteiger partial charge in [-0.2, -0.15) is 0 Å². The van der Waals surface area contributed by atoms with Gasteiger partial charge >= 0.3 is 0 Å². The van der Waals surface area contributed by atoms with Crippen LogP contribution in [0.2, 0.25) is 0 Å². The summed E-state index contributed by atoms with van der Waals surface area (Å²) in [6, 6.07) is 3.71. The lowest BCUT2D eigenvalue weighted by Gasteiger charge is -2.14. The van der Waals surface area contributed by atoms with Crippen molar-refractivity contribution in [2.75, 3.05) is 19.4 Å². The fourth-order valence-corrected chi connectivity index (χ4v) is 2.55. The first-order chi connectivity index (χ1) is 9.47. The van der Waals surface area contributed by atoms with Gasteiger partial charge in [-0.15, -0.1) is 11.3 Å². The minimum atomic E-state index is -0.105. The number of aromatic nitrogens is 2. The summed E-state index contributed by atoms with van der Waals surface area (Å²) in [5.41, 5.74) is 2.32. The van der Waals surface area contributed by atoms with E-state index in [0.29, 0.717) is 5.69 Å². The van der Waals surface area contributed by atoms with E-state index in [1.807, 2.05) is 25.3 Å². The highest BCUT2D eigenvalue weighted by Crippen LogP contribution is 2.22. The predicted molar refractivity (Wildman–Crippen MR) is 81.1 cm³/mol. The second-order valence-corrected chi connectivity index (χ2v) is 5.71. The van der Waals surface area contributed by atoms with Crippen LogP contribution in [0.5, 0.6) is 0 Å². The quantitative estimate of drug-likeness (QED) is 0.940. The number of rotatable bonds is 4. The van der Waals surface area contributed by atoms with Gasteiger partial charge in [-0.25, -0.2) is 4.98 Å². The number of hydrogen-bond donors (Lipinski definition) is 1. The number of anilines is 1.